The maximum absolute atomic E-state index is 13.9. The van der Waals surface area contributed by atoms with E-state index in [1.807, 2.05) is 109 Å². The van der Waals surface area contributed by atoms with Crippen molar-refractivity contribution < 1.29 is 24.3 Å². The Kier molecular flexibility index (Phi) is 10.8. The summed E-state index contributed by atoms with van der Waals surface area (Å²) in [6.45, 7) is 1.04. The molecular formula is C45H46N8O5. The van der Waals surface area contributed by atoms with Gasteiger partial charge >= 0.3 is 6.09 Å². The van der Waals surface area contributed by atoms with Crippen molar-refractivity contribution in [1.29, 1.82) is 0 Å². The molecule has 2 aliphatic heterocycles. The van der Waals surface area contributed by atoms with E-state index in [1.165, 1.54) is 4.90 Å². The van der Waals surface area contributed by atoms with Gasteiger partial charge in [-0.25, -0.2) is 9.78 Å². The lowest BCUT2D eigenvalue weighted by Crippen LogP contribution is -2.48. The van der Waals surface area contributed by atoms with Gasteiger partial charge in [0.15, 0.2) is 0 Å². The molecule has 0 aliphatic carbocycles. The number of nitrogens with zero attached hydrogens (tertiary/aromatic N) is 4. The Hall–Kier alpha value is -6.73. The summed E-state index contributed by atoms with van der Waals surface area (Å²) in [5.74, 6) is 0.0807. The number of likely N-dealkylation sites (tertiary alicyclic amines) is 2. The maximum atomic E-state index is 13.9. The first kappa shape index (κ1) is 38.2. The van der Waals surface area contributed by atoms with E-state index in [0.29, 0.717) is 37.2 Å². The topological polar surface area (TPSA) is 167 Å². The van der Waals surface area contributed by atoms with E-state index in [-0.39, 0.29) is 23.9 Å². The van der Waals surface area contributed by atoms with Gasteiger partial charge in [-0.1, -0.05) is 84.9 Å². The highest BCUT2D eigenvalue weighted by Gasteiger charge is 2.39. The normalized spacial score (nSPS) is 17.7. The largest absolute Gasteiger partial charge is 0.465 e. The summed E-state index contributed by atoms with van der Waals surface area (Å²) < 4.78 is 0. The highest BCUT2D eigenvalue weighted by molar-refractivity contribution is 6.00. The first-order valence-corrected chi connectivity index (χ1v) is 19.6. The Morgan fingerprint density at radius 1 is 0.759 bits per heavy atom. The molecule has 0 radical (unpaired) electrons. The van der Waals surface area contributed by atoms with Crippen LogP contribution in [0, 0.1) is 0 Å². The summed E-state index contributed by atoms with van der Waals surface area (Å²) in [5.41, 5.74) is 6.72. The first-order chi connectivity index (χ1) is 28.1. The summed E-state index contributed by atoms with van der Waals surface area (Å²) >= 11 is 0. The fourth-order valence-electron chi connectivity index (χ4n) is 8.37. The van der Waals surface area contributed by atoms with Gasteiger partial charge in [-0.15, -0.1) is 0 Å². The standard InChI is InChI=1S/C45H46N8O5/c1-51(2)40(31-13-7-4-8-14-31)44(56)52-23-9-15-37(52)41-46-27-36(49-41)29-19-17-28(18-20-29)35-26-32-25-33(21-22-34(32)48-35)47-42(54)38-16-10-24-53(38)43(55)39(50-45(57)58)30-11-5-3-6-12-30/h3-8,11-14,17-22,25-27,37-40,48,50H,9-10,15-16,23-24H2,1-2H3,(H,46,49)(H,47,54)(H,57,58)/t37?,38-,39+,40-/m0/s1. The molecule has 296 valence electrons. The number of hydrogen-bond acceptors (Lipinski definition) is 6. The number of benzene rings is 4. The summed E-state index contributed by atoms with van der Waals surface area (Å²) in [4.78, 5) is 69.8. The van der Waals surface area contributed by atoms with Crippen LogP contribution in [0.25, 0.3) is 33.4 Å². The third kappa shape index (κ3) is 7.81. The van der Waals surface area contributed by atoms with Crippen LogP contribution < -0.4 is 10.6 Å². The predicted molar refractivity (Wildman–Crippen MR) is 222 cm³/mol. The van der Waals surface area contributed by atoms with Crippen molar-refractivity contribution >= 4 is 40.4 Å². The summed E-state index contributed by atoms with van der Waals surface area (Å²) in [5, 5.41) is 15.7. The quantitative estimate of drug-likeness (QED) is 0.0933. The molecular weight excluding hydrogens is 733 g/mol. The zero-order valence-electron chi connectivity index (χ0n) is 32.4. The van der Waals surface area contributed by atoms with Crippen molar-refractivity contribution in [3.05, 3.63) is 132 Å². The van der Waals surface area contributed by atoms with Crippen molar-refractivity contribution in [2.45, 2.75) is 49.9 Å². The Labute approximate surface area is 336 Å². The van der Waals surface area contributed by atoms with Gasteiger partial charge in [-0.05, 0) is 86.3 Å². The number of aromatic nitrogens is 3. The molecule has 4 aromatic carbocycles. The molecule has 2 fully saturated rings. The number of carbonyl (C=O) groups is 4. The van der Waals surface area contributed by atoms with E-state index >= 15 is 0 Å². The van der Waals surface area contributed by atoms with Gasteiger partial charge in [-0.3, -0.25) is 19.3 Å². The molecule has 0 bridgehead atoms. The fourth-order valence-corrected chi connectivity index (χ4v) is 8.37. The molecule has 4 atom stereocenters. The minimum atomic E-state index is -1.32. The van der Waals surface area contributed by atoms with Crippen LogP contribution in [0.2, 0.25) is 0 Å². The number of aromatic amines is 2. The summed E-state index contributed by atoms with van der Waals surface area (Å²) in [6.07, 6.45) is 3.38. The van der Waals surface area contributed by atoms with E-state index in [2.05, 4.69) is 20.6 Å². The molecule has 5 N–H and O–H groups in total. The van der Waals surface area contributed by atoms with Crippen LogP contribution in [0.15, 0.2) is 115 Å². The number of likely N-dealkylation sites (N-methyl/N-ethyl adjacent to an activating group) is 1. The number of imidazole rings is 1. The van der Waals surface area contributed by atoms with Gasteiger partial charge in [0.05, 0.1) is 17.9 Å². The van der Waals surface area contributed by atoms with E-state index in [9.17, 15) is 24.3 Å². The van der Waals surface area contributed by atoms with Crippen molar-refractivity contribution in [2.24, 2.45) is 0 Å². The summed E-state index contributed by atoms with van der Waals surface area (Å²) in [6, 6.07) is 32.0. The number of amides is 4. The average Bonchev–Trinajstić information content (AvgIpc) is 4.07. The van der Waals surface area contributed by atoms with Crippen molar-refractivity contribution in [1.82, 2.24) is 35.0 Å². The van der Waals surface area contributed by atoms with E-state index < -0.39 is 24.1 Å². The monoisotopic (exact) mass is 778 g/mol. The smallest absolute Gasteiger partial charge is 0.405 e. The fraction of sp³-hybridized carbons (Fsp3) is 0.267. The lowest BCUT2D eigenvalue weighted by molar-refractivity contribution is -0.138. The predicted octanol–water partition coefficient (Wildman–Crippen LogP) is 7.13. The van der Waals surface area contributed by atoms with Gasteiger partial charge < -0.3 is 35.5 Å². The molecule has 58 heavy (non-hydrogen) atoms. The van der Waals surface area contributed by atoms with Crippen LogP contribution >= 0.6 is 0 Å². The van der Waals surface area contributed by atoms with Gasteiger partial charge in [-0.2, -0.15) is 0 Å². The van der Waals surface area contributed by atoms with Crippen LogP contribution in [-0.2, 0) is 14.4 Å². The number of nitrogens with one attached hydrogen (secondary N) is 4. The molecule has 2 aliphatic rings. The van der Waals surface area contributed by atoms with E-state index in [4.69, 9.17) is 4.98 Å². The minimum absolute atomic E-state index is 0.0748. The number of hydrogen-bond donors (Lipinski definition) is 5. The maximum Gasteiger partial charge on any atom is 0.405 e. The zero-order chi connectivity index (χ0) is 40.3. The number of H-pyrrole nitrogens is 2. The number of carbonyl (C=O) groups excluding carboxylic acids is 3. The van der Waals surface area contributed by atoms with Gasteiger partial charge in [0, 0.05) is 35.4 Å². The van der Waals surface area contributed by atoms with Crippen molar-refractivity contribution in [2.75, 3.05) is 32.5 Å². The van der Waals surface area contributed by atoms with Crippen LogP contribution in [-0.4, -0.2) is 91.8 Å². The minimum Gasteiger partial charge on any atom is -0.465 e. The first-order valence-electron chi connectivity index (χ1n) is 19.6. The van der Waals surface area contributed by atoms with E-state index in [0.717, 1.165) is 57.6 Å². The number of rotatable bonds is 11. The van der Waals surface area contributed by atoms with Crippen LogP contribution in [0.1, 0.15) is 60.8 Å². The number of carboxylic acid groups (broad SMARTS) is 1. The van der Waals surface area contributed by atoms with E-state index in [1.54, 1.807) is 30.3 Å². The third-order valence-electron chi connectivity index (χ3n) is 11.2. The SMILES string of the molecule is CN(C)[C@H](C(=O)N1CCCC1c1ncc(-c2ccc(-c3cc4cc(NC(=O)[C@@H]5CCCN5C(=O)[C@H](NC(=O)O)c5ccccc5)ccc4[nH]3)cc2)[nH]1)c1ccccc1. The molecule has 4 amide bonds. The second-order valence-corrected chi connectivity index (χ2v) is 15.2. The number of fused-ring (bicyclic) bond motifs is 1. The van der Waals surface area contributed by atoms with Crippen molar-refractivity contribution in [3.8, 4) is 22.5 Å². The number of anilines is 1. The molecule has 0 spiro atoms. The zero-order valence-corrected chi connectivity index (χ0v) is 32.4. The van der Waals surface area contributed by atoms with Crippen molar-refractivity contribution in [3.63, 3.8) is 0 Å². The second-order valence-electron chi connectivity index (χ2n) is 15.2. The molecule has 13 heteroatoms. The Morgan fingerprint density at radius 2 is 1.41 bits per heavy atom. The molecule has 0 saturated carbocycles. The van der Waals surface area contributed by atoms with Crippen LogP contribution in [0.5, 0.6) is 0 Å². The molecule has 2 aromatic heterocycles. The molecule has 2 saturated heterocycles. The molecule has 1 unspecified atom stereocenters. The van der Waals surface area contributed by atoms with Crippen LogP contribution in [0.3, 0.4) is 0 Å². The Bertz CT molecular complexity index is 2430. The third-order valence-corrected chi connectivity index (χ3v) is 11.2. The molecule has 13 nitrogen and oxygen atoms in total. The molecule has 8 rings (SSSR count). The Morgan fingerprint density at radius 3 is 2.10 bits per heavy atom. The van der Waals surface area contributed by atoms with Gasteiger partial charge in [0.25, 0.3) is 5.91 Å². The van der Waals surface area contributed by atoms with Gasteiger partial charge in [0.2, 0.25) is 11.8 Å². The van der Waals surface area contributed by atoms with Gasteiger partial charge in [0.1, 0.15) is 23.9 Å². The Balaban J connectivity index is 0.934. The lowest BCUT2D eigenvalue weighted by Gasteiger charge is -2.31. The average molecular weight is 779 g/mol. The van der Waals surface area contributed by atoms with Crippen LogP contribution in [0.4, 0.5) is 10.5 Å². The summed E-state index contributed by atoms with van der Waals surface area (Å²) in [7, 11) is 3.88. The second kappa shape index (κ2) is 16.4. The molecule has 6 aromatic rings. The highest BCUT2D eigenvalue weighted by Crippen LogP contribution is 2.36. The highest BCUT2D eigenvalue weighted by atomic mass is 16.4. The molecule has 4 heterocycles. The lowest BCUT2D eigenvalue weighted by atomic mass is 10.0.